The summed E-state index contributed by atoms with van der Waals surface area (Å²) in [5.41, 5.74) is 0.355. The molecular weight excluding hydrogens is 513 g/mol. The van der Waals surface area contributed by atoms with Gasteiger partial charge in [0.25, 0.3) is 0 Å². The summed E-state index contributed by atoms with van der Waals surface area (Å²) in [4.78, 5) is 33.0. The Morgan fingerprint density at radius 2 is 1.81 bits per heavy atom. The van der Waals surface area contributed by atoms with Crippen molar-refractivity contribution in [3.63, 3.8) is 0 Å². The number of fused-ring (bicyclic) bond motifs is 3. The Bertz CT molecular complexity index is 1600. The number of aromatic carboxylic acids is 1. The molecule has 1 aliphatic rings. The molecule has 3 heterocycles. The monoisotopic (exact) mass is 532 g/mol. The first-order valence-corrected chi connectivity index (χ1v) is 12.0. The molecule has 0 radical (unpaired) electrons. The first-order chi connectivity index (χ1) is 17.2. The molecule has 1 fully saturated rings. The fraction of sp³-hybridized carbons (Fsp3) is 0.240. The van der Waals surface area contributed by atoms with Gasteiger partial charge in [0.2, 0.25) is 5.43 Å². The summed E-state index contributed by atoms with van der Waals surface area (Å²) >= 11 is 12.3. The predicted molar refractivity (Wildman–Crippen MR) is 137 cm³/mol. The molecule has 5 rings (SSSR count). The fourth-order valence-corrected chi connectivity index (χ4v) is 5.09. The number of anilines is 2. The third kappa shape index (κ3) is 3.92. The molecule has 186 valence electrons. The summed E-state index contributed by atoms with van der Waals surface area (Å²) in [5.74, 6) is -2.63. The third-order valence-electron chi connectivity index (χ3n) is 6.53. The molecule has 0 spiro atoms. The highest BCUT2D eigenvalue weighted by Crippen LogP contribution is 2.37. The largest absolute Gasteiger partial charge is 0.477 e. The van der Waals surface area contributed by atoms with Crippen LogP contribution in [0, 0.1) is 11.6 Å². The first-order valence-electron chi connectivity index (χ1n) is 11.2. The highest BCUT2D eigenvalue weighted by atomic mass is 35.5. The number of nitrogens with zero attached hydrogens (tertiary/aromatic N) is 4. The van der Waals surface area contributed by atoms with Crippen LogP contribution in [0.5, 0.6) is 0 Å². The number of carboxylic acids is 1. The molecule has 1 aliphatic heterocycles. The molecule has 0 bridgehead atoms. The van der Waals surface area contributed by atoms with Crippen molar-refractivity contribution in [1.82, 2.24) is 9.55 Å². The van der Waals surface area contributed by atoms with Crippen molar-refractivity contribution in [3.8, 4) is 0 Å². The van der Waals surface area contributed by atoms with Crippen molar-refractivity contribution in [2.24, 2.45) is 0 Å². The van der Waals surface area contributed by atoms with Crippen LogP contribution in [-0.4, -0.2) is 46.8 Å². The second-order valence-corrected chi connectivity index (χ2v) is 9.26. The zero-order valence-electron chi connectivity index (χ0n) is 19.1. The lowest BCUT2D eigenvalue weighted by molar-refractivity contribution is 0.0695. The second kappa shape index (κ2) is 9.22. The Labute approximate surface area is 214 Å². The Balaban J connectivity index is 1.60. The van der Waals surface area contributed by atoms with Gasteiger partial charge in [0.15, 0.2) is 5.82 Å². The van der Waals surface area contributed by atoms with Crippen LogP contribution in [0.3, 0.4) is 0 Å². The highest BCUT2D eigenvalue weighted by Gasteiger charge is 2.25. The molecule has 36 heavy (non-hydrogen) atoms. The number of carbonyl (C=O) groups is 1. The topological polar surface area (TPSA) is 78.7 Å². The lowest BCUT2D eigenvalue weighted by Crippen LogP contribution is -2.46. The summed E-state index contributed by atoms with van der Waals surface area (Å²) in [6.07, 6.45) is 2.63. The number of piperazine rings is 1. The van der Waals surface area contributed by atoms with Gasteiger partial charge in [-0.15, -0.1) is 0 Å². The maximum absolute atomic E-state index is 15.4. The molecule has 11 heteroatoms. The van der Waals surface area contributed by atoms with Gasteiger partial charge in [0, 0.05) is 50.0 Å². The molecule has 0 atom stereocenters. The number of aromatic nitrogens is 2. The van der Waals surface area contributed by atoms with E-state index in [9.17, 15) is 19.1 Å². The van der Waals surface area contributed by atoms with Crippen molar-refractivity contribution < 1.29 is 18.7 Å². The van der Waals surface area contributed by atoms with Crippen molar-refractivity contribution in [3.05, 3.63) is 74.1 Å². The van der Waals surface area contributed by atoms with E-state index in [4.69, 9.17) is 23.2 Å². The Kier molecular flexibility index (Phi) is 6.22. The van der Waals surface area contributed by atoms with E-state index in [1.807, 2.05) is 9.80 Å². The van der Waals surface area contributed by atoms with E-state index < -0.39 is 28.6 Å². The van der Waals surface area contributed by atoms with Gasteiger partial charge in [0.1, 0.15) is 21.9 Å². The molecule has 2 aromatic carbocycles. The molecule has 0 saturated carbocycles. The van der Waals surface area contributed by atoms with Crippen LogP contribution in [0.4, 0.5) is 20.2 Å². The molecule has 2 aromatic heterocycles. The summed E-state index contributed by atoms with van der Waals surface area (Å²) in [5, 5.41) is 9.75. The van der Waals surface area contributed by atoms with Gasteiger partial charge in [-0.2, -0.15) is 0 Å². The quantitative estimate of drug-likeness (QED) is 0.365. The minimum atomic E-state index is -1.36. The van der Waals surface area contributed by atoms with E-state index in [1.165, 1.54) is 18.5 Å². The number of carboxylic acid groups (broad SMARTS) is 1. The molecule has 1 saturated heterocycles. The summed E-state index contributed by atoms with van der Waals surface area (Å²) in [6.45, 7) is 4.22. The van der Waals surface area contributed by atoms with Gasteiger partial charge in [0.05, 0.1) is 27.8 Å². The predicted octanol–water partition coefficient (Wildman–Crippen LogP) is 5.18. The van der Waals surface area contributed by atoms with Crippen LogP contribution in [0.25, 0.3) is 21.8 Å². The third-order valence-corrected chi connectivity index (χ3v) is 7.18. The minimum Gasteiger partial charge on any atom is -0.477 e. The smallest absolute Gasteiger partial charge is 0.341 e. The zero-order valence-corrected chi connectivity index (χ0v) is 20.6. The maximum atomic E-state index is 15.4. The van der Waals surface area contributed by atoms with Crippen LogP contribution >= 0.6 is 23.2 Å². The molecule has 0 unspecified atom stereocenters. The molecule has 1 N–H and O–H groups in total. The summed E-state index contributed by atoms with van der Waals surface area (Å²) in [7, 11) is 0. The van der Waals surface area contributed by atoms with Crippen molar-refractivity contribution in [2.75, 3.05) is 36.0 Å². The van der Waals surface area contributed by atoms with Crippen molar-refractivity contribution in [2.45, 2.75) is 13.5 Å². The van der Waals surface area contributed by atoms with E-state index in [0.29, 0.717) is 43.9 Å². The van der Waals surface area contributed by atoms with E-state index in [0.717, 1.165) is 5.69 Å². The van der Waals surface area contributed by atoms with Gasteiger partial charge in [-0.25, -0.2) is 13.6 Å². The minimum absolute atomic E-state index is 0.0346. The average molecular weight is 533 g/mol. The highest BCUT2D eigenvalue weighted by molar-refractivity contribution is 6.34. The van der Waals surface area contributed by atoms with Gasteiger partial charge in [-0.3, -0.25) is 9.78 Å². The van der Waals surface area contributed by atoms with Crippen LogP contribution < -0.4 is 15.2 Å². The lowest BCUT2D eigenvalue weighted by atomic mass is 10.0. The maximum Gasteiger partial charge on any atom is 0.341 e. The number of aryl methyl sites for hydroxylation is 1. The molecule has 0 aliphatic carbocycles. The van der Waals surface area contributed by atoms with Crippen LogP contribution in [0.2, 0.25) is 10.0 Å². The first kappa shape index (κ1) is 24.3. The van der Waals surface area contributed by atoms with E-state index in [1.54, 1.807) is 29.7 Å². The van der Waals surface area contributed by atoms with Gasteiger partial charge in [-0.1, -0.05) is 23.2 Å². The summed E-state index contributed by atoms with van der Waals surface area (Å²) < 4.78 is 30.6. The van der Waals surface area contributed by atoms with E-state index in [2.05, 4.69) is 4.98 Å². The van der Waals surface area contributed by atoms with E-state index >= 15 is 4.39 Å². The molecule has 7 nitrogen and oxygen atoms in total. The fourth-order valence-electron chi connectivity index (χ4n) is 4.65. The zero-order chi connectivity index (χ0) is 25.7. The standard InChI is InChI=1S/C25H20Cl2F2N4O3/c1-2-31-12-15(25(35)36)24(34)20-14-10-18(21(27)22(29)23(14)30-11-19(20)31)33-7-5-32(6-8-33)13-3-4-17(28)16(26)9-13/h3-4,9-12H,2,5-8H2,1H3,(H,35,36). The number of hydrogen-bond donors (Lipinski definition) is 1. The molecule has 0 amide bonds. The number of pyridine rings is 2. The number of halogens is 4. The molecule has 4 aromatic rings. The Hall–Kier alpha value is -3.43. The Morgan fingerprint density at radius 3 is 2.44 bits per heavy atom. The molecular formula is C25H20Cl2F2N4O3. The number of rotatable bonds is 4. The lowest BCUT2D eigenvalue weighted by Gasteiger charge is -2.38. The normalized spacial score (nSPS) is 14.1. The van der Waals surface area contributed by atoms with Crippen LogP contribution in [-0.2, 0) is 6.54 Å². The van der Waals surface area contributed by atoms with Crippen LogP contribution in [0.15, 0.2) is 41.5 Å². The van der Waals surface area contributed by atoms with Crippen molar-refractivity contribution >= 4 is 62.4 Å². The second-order valence-electron chi connectivity index (χ2n) is 8.47. The van der Waals surface area contributed by atoms with Gasteiger partial charge < -0.3 is 19.5 Å². The van der Waals surface area contributed by atoms with Crippen molar-refractivity contribution in [1.29, 1.82) is 0 Å². The number of hydrogen-bond acceptors (Lipinski definition) is 5. The van der Waals surface area contributed by atoms with E-state index in [-0.39, 0.29) is 26.3 Å². The van der Waals surface area contributed by atoms with Gasteiger partial charge >= 0.3 is 5.97 Å². The Morgan fingerprint density at radius 1 is 1.11 bits per heavy atom. The summed E-state index contributed by atoms with van der Waals surface area (Å²) in [6, 6.07) is 6.13. The average Bonchev–Trinajstić information content (AvgIpc) is 2.87. The SMILES string of the molecule is CCn1cc(C(=O)O)c(=O)c2c3cc(N4CCN(c5ccc(F)c(Cl)c5)CC4)c(Cl)c(F)c3ncc21. The van der Waals surface area contributed by atoms with Crippen LogP contribution in [0.1, 0.15) is 17.3 Å². The van der Waals surface area contributed by atoms with Gasteiger partial charge in [-0.05, 0) is 31.2 Å². The number of benzene rings is 2.